The number of carbonyl (C=O) groups excluding carboxylic acids is 3. The van der Waals surface area contributed by atoms with Crippen LogP contribution in [0.3, 0.4) is 0 Å². The fourth-order valence-corrected chi connectivity index (χ4v) is 6.77. The summed E-state index contributed by atoms with van der Waals surface area (Å²) in [6, 6.07) is 15.5. The Bertz CT molecular complexity index is 1350. The molecule has 6 rings (SSSR count). The fraction of sp³-hybridized carbons (Fsp3) is 0.387. The first-order valence-electron chi connectivity index (χ1n) is 13.8. The molecule has 1 spiro atoms. The van der Waals surface area contributed by atoms with Crippen LogP contribution < -0.4 is 9.80 Å². The molecule has 9 heteroatoms. The van der Waals surface area contributed by atoms with Crippen molar-refractivity contribution >= 4 is 40.7 Å². The Labute approximate surface area is 238 Å². The predicted octanol–water partition coefficient (Wildman–Crippen LogP) is 3.59. The van der Waals surface area contributed by atoms with Gasteiger partial charge in [0.05, 0.1) is 17.9 Å². The molecule has 0 saturated carbocycles. The summed E-state index contributed by atoms with van der Waals surface area (Å²) in [6.45, 7) is 1.08. The standard InChI is InChI=1S/C31H32ClN3O5/c32-21-12-14-23(15-13-21)34-19-8-16-31-26(29(38)35(27(31)30(34)39)17-5-2-6-20-36)25-24(40-31)11-7-18-33(28(25)37)22-9-3-1-4-10-22/h1,3-4,7-16,24-27,36H,2,5-6,17-20H2/t24-,25+,26-,27?,31-/m0/s1. The molecular weight excluding hydrogens is 530 g/mol. The lowest BCUT2D eigenvalue weighted by atomic mass is 9.77. The largest absolute Gasteiger partial charge is 0.396 e. The van der Waals surface area contributed by atoms with E-state index in [4.69, 9.17) is 16.3 Å². The number of halogens is 1. The molecule has 5 atom stereocenters. The molecule has 0 aromatic heterocycles. The minimum absolute atomic E-state index is 0.0684. The van der Waals surface area contributed by atoms with Gasteiger partial charge >= 0.3 is 0 Å². The smallest absolute Gasteiger partial charge is 0.253 e. The van der Waals surface area contributed by atoms with Crippen LogP contribution in [-0.2, 0) is 19.1 Å². The minimum Gasteiger partial charge on any atom is -0.396 e. The molecule has 4 aliphatic heterocycles. The van der Waals surface area contributed by atoms with E-state index in [-0.39, 0.29) is 24.3 Å². The van der Waals surface area contributed by atoms with Crippen molar-refractivity contribution in [2.24, 2.45) is 11.8 Å². The van der Waals surface area contributed by atoms with E-state index in [0.29, 0.717) is 49.6 Å². The van der Waals surface area contributed by atoms with Crippen molar-refractivity contribution in [2.45, 2.75) is 37.0 Å². The third-order valence-electron chi connectivity index (χ3n) is 8.42. The third kappa shape index (κ3) is 4.35. The van der Waals surface area contributed by atoms with E-state index in [9.17, 15) is 19.5 Å². The molecule has 3 amide bonds. The van der Waals surface area contributed by atoms with Gasteiger partial charge in [0.15, 0.2) is 0 Å². The van der Waals surface area contributed by atoms with Gasteiger partial charge < -0.3 is 24.5 Å². The van der Waals surface area contributed by atoms with Crippen molar-refractivity contribution in [3.8, 4) is 0 Å². The second-order valence-electron chi connectivity index (χ2n) is 10.7. The molecule has 0 bridgehead atoms. The summed E-state index contributed by atoms with van der Waals surface area (Å²) in [5.41, 5.74) is 0.148. The average molecular weight is 562 g/mol. The molecule has 2 saturated heterocycles. The normalized spacial score (nSPS) is 29.4. The van der Waals surface area contributed by atoms with Crippen molar-refractivity contribution in [1.82, 2.24) is 4.90 Å². The van der Waals surface area contributed by atoms with E-state index in [1.165, 1.54) is 0 Å². The molecule has 1 unspecified atom stereocenters. The van der Waals surface area contributed by atoms with Gasteiger partial charge in [0.1, 0.15) is 11.6 Å². The minimum atomic E-state index is -1.28. The Morgan fingerprint density at radius 2 is 1.55 bits per heavy atom. The number of hydrogen-bond donors (Lipinski definition) is 1. The van der Waals surface area contributed by atoms with E-state index in [1.54, 1.807) is 39.0 Å². The number of para-hydroxylation sites is 1. The van der Waals surface area contributed by atoms with E-state index in [0.717, 1.165) is 5.69 Å². The van der Waals surface area contributed by atoms with E-state index in [1.807, 2.05) is 54.6 Å². The van der Waals surface area contributed by atoms with Crippen LogP contribution in [0.15, 0.2) is 78.9 Å². The first-order valence-corrected chi connectivity index (χ1v) is 14.2. The van der Waals surface area contributed by atoms with E-state index in [2.05, 4.69) is 0 Å². The van der Waals surface area contributed by atoms with Gasteiger partial charge in [-0.2, -0.15) is 0 Å². The Morgan fingerprint density at radius 1 is 0.850 bits per heavy atom. The Balaban J connectivity index is 1.41. The van der Waals surface area contributed by atoms with Crippen LogP contribution in [0, 0.1) is 11.8 Å². The second-order valence-corrected chi connectivity index (χ2v) is 11.1. The Hall–Kier alpha value is -3.46. The molecule has 4 aliphatic rings. The lowest BCUT2D eigenvalue weighted by Crippen LogP contribution is -2.55. The summed E-state index contributed by atoms with van der Waals surface area (Å²) in [5.74, 6) is -2.28. The zero-order valence-electron chi connectivity index (χ0n) is 22.1. The van der Waals surface area contributed by atoms with Crippen LogP contribution in [0.2, 0.25) is 5.02 Å². The van der Waals surface area contributed by atoms with Crippen molar-refractivity contribution < 1.29 is 24.2 Å². The van der Waals surface area contributed by atoms with Gasteiger partial charge in [-0.05, 0) is 55.7 Å². The van der Waals surface area contributed by atoms with Crippen molar-refractivity contribution in [2.75, 3.05) is 36.0 Å². The Morgan fingerprint density at radius 3 is 2.30 bits per heavy atom. The molecule has 8 nitrogen and oxygen atoms in total. The number of anilines is 2. The molecule has 40 heavy (non-hydrogen) atoms. The van der Waals surface area contributed by atoms with Gasteiger partial charge in [-0.1, -0.05) is 54.1 Å². The van der Waals surface area contributed by atoms with Crippen LogP contribution in [-0.4, -0.2) is 71.7 Å². The Kier molecular flexibility index (Phi) is 7.25. The number of nitrogens with zero attached hydrogens (tertiary/aromatic N) is 3. The predicted molar refractivity (Wildman–Crippen MR) is 152 cm³/mol. The topological polar surface area (TPSA) is 90.4 Å². The maximum atomic E-state index is 14.4. The second kappa shape index (κ2) is 10.8. The molecular formula is C31H32ClN3O5. The summed E-state index contributed by atoms with van der Waals surface area (Å²) in [7, 11) is 0. The van der Waals surface area contributed by atoms with Crippen LogP contribution in [0.4, 0.5) is 11.4 Å². The van der Waals surface area contributed by atoms with E-state index >= 15 is 0 Å². The van der Waals surface area contributed by atoms with Crippen LogP contribution in [0.5, 0.6) is 0 Å². The highest BCUT2D eigenvalue weighted by Crippen LogP contribution is 2.53. The first-order chi connectivity index (χ1) is 19.5. The zero-order chi connectivity index (χ0) is 27.9. The summed E-state index contributed by atoms with van der Waals surface area (Å²) < 4.78 is 6.71. The third-order valence-corrected chi connectivity index (χ3v) is 8.67. The summed E-state index contributed by atoms with van der Waals surface area (Å²) in [5, 5.41) is 9.83. The molecule has 208 valence electrons. The highest BCUT2D eigenvalue weighted by atomic mass is 35.5. The van der Waals surface area contributed by atoms with Crippen LogP contribution in [0.25, 0.3) is 0 Å². The summed E-state index contributed by atoms with van der Waals surface area (Å²) in [6.07, 6.45) is 8.82. The fourth-order valence-electron chi connectivity index (χ4n) is 6.64. The monoisotopic (exact) mass is 561 g/mol. The highest BCUT2D eigenvalue weighted by molar-refractivity contribution is 6.30. The maximum absolute atomic E-state index is 14.4. The number of benzene rings is 2. The summed E-state index contributed by atoms with van der Waals surface area (Å²) in [4.78, 5) is 47.8. The molecule has 0 radical (unpaired) electrons. The lowest BCUT2D eigenvalue weighted by Gasteiger charge is -2.35. The zero-order valence-corrected chi connectivity index (χ0v) is 22.8. The molecule has 2 aromatic rings. The maximum Gasteiger partial charge on any atom is 0.253 e. The summed E-state index contributed by atoms with van der Waals surface area (Å²) >= 11 is 6.11. The van der Waals surface area contributed by atoms with Crippen molar-refractivity contribution in [1.29, 1.82) is 0 Å². The number of unbranched alkanes of at least 4 members (excludes halogenated alkanes) is 2. The molecule has 2 aromatic carbocycles. The van der Waals surface area contributed by atoms with Gasteiger partial charge in [-0.3, -0.25) is 14.4 Å². The molecule has 2 fully saturated rings. The number of fused-ring (bicyclic) bond motifs is 2. The van der Waals surface area contributed by atoms with E-state index < -0.39 is 29.6 Å². The van der Waals surface area contributed by atoms with Gasteiger partial charge in [-0.25, -0.2) is 0 Å². The number of aliphatic hydroxyl groups excluding tert-OH is 1. The number of rotatable bonds is 7. The van der Waals surface area contributed by atoms with Crippen molar-refractivity contribution in [3.63, 3.8) is 0 Å². The van der Waals surface area contributed by atoms with Gasteiger partial charge in [-0.15, -0.1) is 0 Å². The first kappa shape index (κ1) is 26.7. The van der Waals surface area contributed by atoms with Crippen LogP contribution in [0.1, 0.15) is 19.3 Å². The number of carbonyl (C=O) groups is 3. The molecule has 1 N–H and O–H groups in total. The number of hydrogen-bond acceptors (Lipinski definition) is 5. The average Bonchev–Trinajstić information content (AvgIpc) is 3.27. The quantitative estimate of drug-likeness (QED) is 0.412. The number of likely N-dealkylation sites (tertiary alicyclic amines) is 1. The number of aliphatic hydroxyl groups is 1. The molecule has 0 aliphatic carbocycles. The number of ether oxygens (including phenoxy) is 1. The highest BCUT2D eigenvalue weighted by Gasteiger charge is 2.71. The van der Waals surface area contributed by atoms with Gasteiger partial charge in [0.25, 0.3) is 5.91 Å². The van der Waals surface area contributed by atoms with Gasteiger partial charge in [0, 0.05) is 42.6 Å². The van der Waals surface area contributed by atoms with Gasteiger partial charge in [0.2, 0.25) is 11.8 Å². The SMILES string of the molecule is O=C1C2N(CCCCCO)C(=O)[C@@H]3[C@@H]4C(=O)N(c5ccccc5)CC=C[C@@H]4O[C@]23C=CCN1c1ccc(Cl)cc1. The van der Waals surface area contributed by atoms with Crippen LogP contribution >= 0.6 is 11.6 Å². The number of amides is 3. The van der Waals surface area contributed by atoms with Crippen molar-refractivity contribution in [3.05, 3.63) is 83.9 Å². The lowest BCUT2D eigenvalue weighted by molar-refractivity contribution is -0.140. The molecule has 4 heterocycles.